The molecule has 0 radical (unpaired) electrons. The maximum Gasteiger partial charge on any atom is 0.149 e. The minimum absolute atomic E-state index is 0.0851. The molecule has 1 aliphatic heterocycles. The summed E-state index contributed by atoms with van der Waals surface area (Å²) >= 11 is 1.41. The molecule has 29 heavy (non-hydrogen) atoms. The van der Waals surface area contributed by atoms with E-state index >= 15 is 0 Å². The van der Waals surface area contributed by atoms with Crippen molar-refractivity contribution in [1.82, 2.24) is 15.0 Å². The maximum absolute atomic E-state index is 13.8. The van der Waals surface area contributed by atoms with Crippen LogP contribution in [0.2, 0.25) is 0 Å². The molecule has 0 saturated carbocycles. The minimum Gasteiger partial charge on any atom is -0.388 e. The Kier molecular flexibility index (Phi) is 5.36. The van der Waals surface area contributed by atoms with Crippen molar-refractivity contribution in [3.63, 3.8) is 0 Å². The van der Waals surface area contributed by atoms with Gasteiger partial charge in [0.05, 0.1) is 11.4 Å². The highest BCUT2D eigenvalue weighted by atomic mass is 32.2. The van der Waals surface area contributed by atoms with Crippen molar-refractivity contribution in [3.8, 4) is 5.69 Å². The van der Waals surface area contributed by atoms with Crippen LogP contribution in [0.5, 0.6) is 0 Å². The van der Waals surface area contributed by atoms with Crippen molar-refractivity contribution in [2.24, 2.45) is 5.16 Å². The zero-order valence-electron chi connectivity index (χ0n) is 16.1. The number of aryl methyl sites for hydroxylation is 1. The summed E-state index contributed by atoms with van der Waals surface area (Å²) in [4.78, 5) is 7.26. The van der Waals surface area contributed by atoms with E-state index in [0.717, 1.165) is 17.1 Å². The topological polar surface area (TPSA) is 52.3 Å². The lowest BCUT2D eigenvalue weighted by atomic mass is 10.00. The Labute approximate surface area is 171 Å². The Balaban J connectivity index is 1.41. The van der Waals surface area contributed by atoms with Crippen LogP contribution in [0.3, 0.4) is 0 Å². The van der Waals surface area contributed by atoms with Crippen LogP contribution >= 0.6 is 11.8 Å². The van der Waals surface area contributed by atoms with Crippen LogP contribution in [0.25, 0.3) is 5.69 Å². The van der Waals surface area contributed by atoms with E-state index in [-0.39, 0.29) is 11.3 Å². The summed E-state index contributed by atoms with van der Waals surface area (Å²) in [5, 5.41) is 13.3. The summed E-state index contributed by atoms with van der Waals surface area (Å²) in [5.41, 5.74) is 2.58. The summed E-state index contributed by atoms with van der Waals surface area (Å²) in [6.07, 6.45) is 0.550. The Hall–Kier alpha value is -2.74. The van der Waals surface area contributed by atoms with Crippen molar-refractivity contribution in [2.45, 2.75) is 31.6 Å². The van der Waals surface area contributed by atoms with E-state index in [0.29, 0.717) is 17.9 Å². The average Bonchev–Trinajstić information content (AvgIpc) is 3.28. The Morgan fingerprint density at radius 3 is 2.52 bits per heavy atom. The molecule has 4 rings (SSSR count). The second-order valence-corrected chi connectivity index (χ2v) is 8.19. The molecular weight excluding hydrogens is 394 g/mol. The lowest BCUT2D eigenvalue weighted by Crippen LogP contribution is -2.28. The summed E-state index contributed by atoms with van der Waals surface area (Å²) in [6.45, 7) is 3.82. The van der Waals surface area contributed by atoms with Crippen LogP contribution in [-0.2, 0) is 10.6 Å². The number of hydrogen-bond acceptors (Lipinski definition) is 5. The van der Waals surface area contributed by atoms with Gasteiger partial charge in [0.2, 0.25) is 0 Å². The molecule has 1 unspecified atom stereocenters. The fourth-order valence-electron chi connectivity index (χ4n) is 3.15. The van der Waals surface area contributed by atoms with Crippen molar-refractivity contribution >= 4 is 17.5 Å². The predicted molar refractivity (Wildman–Crippen MR) is 109 cm³/mol. The minimum atomic E-state index is -0.565. The third-order valence-corrected chi connectivity index (χ3v) is 5.98. The number of para-hydroxylation sites is 1. The molecule has 1 aliphatic rings. The molecule has 8 heteroatoms. The molecule has 1 atom stereocenters. The SMILES string of the molecule is Cc1nn(-c2ccccc2)nc1C1=NOC(C)(CSCc2c(F)cccc2F)C1. The number of aromatic nitrogens is 3. The van der Waals surface area contributed by atoms with Gasteiger partial charge in [0.15, 0.2) is 0 Å². The van der Waals surface area contributed by atoms with Gasteiger partial charge in [0.25, 0.3) is 0 Å². The highest BCUT2D eigenvalue weighted by molar-refractivity contribution is 7.98. The fourth-order valence-corrected chi connectivity index (χ4v) is 4.32. The van der Waals surface area contributed by atoms with Gasteiger partial charge in [-0.2, -0.15) is 21.7 Å². The van der Waals surface area contributed by atoms with Gasteiger partial charge in [-0.25, -0.2) is 8.78 Å². The number of oxime groups is 1. The molecule has 5 nitrogen and oxygen atoms in total. The smallest absolute Gasteiger partial charge is 0.149 e. The third-order valence-electron chi connectivity index (χ3n) is 4.68. The van der Waals surface area contributed by atoms with Crippen LogP contribution in [-0.4, -0.2) is 32.1 Å². The summed E-state index contributed by atoms with van der Waals surface area (Å²) in [6, 6.07) is 13.6. The van der Waals surface area contributed by atoms with Crippen molar-refractivity contribution < 1.29 is 13.6 Å². The Morgan fingerprint density at radius 2 is 1.79 bits per heavy atom. The molecule has 0 N–H and O–H groups in total. The van der Waals surface area contributed by atoms with Gasteiger partial charge >= 0.3 is 0 Å². The lowest BCUT2D eigenvalue weighted by Gasteiger charge is -2.20. The van der Waals surface area contributed by atoms with E-state index < -0.39 is 17.2 Å². The summed E-state index contributed by atoms with van der Waals surface area (Å²) < 4.78 is 27.6. The maximum atomic E-state index is 13.8. The molecule has 150 valence electrons. The van der Waals surface area contributed by atoms with Gasteiger partial charge in [-0.1, -0.05) is 29.4 Å². The van der Waals surface area contributed by atoms with Gasteiger partial charge in [0.1, 0.15) is 28.6 Å². The highest BCUT2D eigenvalue weighted by Gasteiger charge is 2.36. The van der Waals surface area contributed by atoms with E-state index in [9.17, 15) is 8.78 Å². The largest absolute Gasteiger partial charge is 0.388 e. The molecule has 0 saturated heterocycles. The zero-order valence-corrected chi connectivity index (χ0v) is 16.9. The van der Waals surface area contributed by atoms with Crippen LogP contribution in [0.15, 0.2) is 53.7 Å². The Bertz CT molecular complexity index is 1030. The fraction of sp³-hybridized carbons (Fsp3) is 0.286. The first-order valence-electron chi connectivity index (χ1n) is 9.21. The highest BCUT2D eigenvalue weighted by Crippen LogP contribution is 2.32. The molecule has 3 aromatic rings. The molecule has 0 aliphatic carbocycles. The second kappa shape index (κ2) is 7.94. The lowest BCUT2D eigenvalue weighted by molar-refractivity contribution is 0.0163. The van der Waals surface area contributed by atoms with E-state index in [2.05, 4.69) is 15.4 Å². The quantitative estimate of drug-likeness (QED) is 0.588. The molecule has 1 aromatic heterocycles. The number of thioether (sulfide) groups is 1. The number of halogens is 2. The molecule has 0 fully saturated rings. The predicted octanol–water partition coefficient (Wildman–Crippen LogP) is 4.67. The summed E-state index contributed by atoms with van der Waals surface area (Å²) in [5.74, 6) is -0.282. The van der Waals surface area contributed by atoms with E-state index in [4.69, 9.17) is 4.84 Å². The van der Waals surface area contributed by atoms with Crippen molar-refractivity contribution in [2.75, 3.05) is 5.75 Å². The van der Waals surface area contributed by atoms with E-state index in [1.807, 2.05) is 44.2 Å². The molecule has 2 aromatic carbocycles. The summed E-state index contributed by atoms with van der Waals surface area (Å²) in [7, 11) is 0. The number of nitrogens with zero attached hydrogens (tertiary/aromatic N) is 4. The normalized spacial score (nSPS) is 18.6. The van der Waals surface area contributed by atoms with Crippen LogP contribution in [0.4, 0.5) is 8.78 Å². The second-order valence-electron chi connectivity index (χ2n) is 7.21. The van der Waals surface area contributed by atoms with Gasteiger partial charge in [-0.3, -0.25) is 0 Å². The van der Waals surface area contributed by atoms with Crippen LogP contribution in [0.1, 0.15) is 30.3 Å². The van der Waals surface area contributed by atoms with Crippen molar-refractivity contribution in [1.29, 1.82) is 0 Å². The van der Waals surface area contributed by atoms with Gasteiger partial charge < -0.3 is 4.84 Å². The first kappa shape index (κ1) is 19.6. The van der Waals surface area contributed by atoms with E-state index in [1.54, 1.807) is 4.80 Å². The molecule has 0 spiro atoms. The molecule has 2 heterocycles. The van der Waals surface area contributed by atoms with Gasteiger partial charge in [-0.05, 0) is 38.1 Å². The number of benzene rings is 2. The molecule has 0 bridgehead atoms. The van der Waals surface area contributed by atoms with Gasteiger partial charge in [0, 0.05) is 23.5 Å². The third kappa shape index (κ3) is 4.17. The van der Waals surface area contributed by atoms with Crippen molar-refractivity contribution in [3.05, 3.63) is 77.1 Å². The Morgan fingerprint density at radius 1 is 1.07 bits per heavy atom. The van der Waals surface area contributed by atoms with Crippen LogP contribution < -0.4 is 0 Å². The molecule has 0 amide bonds. The van der Waals surface area contributed by atoms with Crippen LogP contribution in [0, 0.1) is 18.6 Å². The number of hydrogen-bond donors (Lipinski definition) is 0. The zero-order chi connectivity index (χ0) is 20.4. The standard InChI is InChI=1S/C21H20F2N4OS/c1-14-20(25-27(24-14)15-7-4-3-5-8-15)19-11-21(2,28-26-19)13-29-12-16-17(22)9-6-10-18(16)23/h3-10H,11-13H2,1-2H3. The first-order valence-corrected chi connectivity index (χ1v) is 10.4. The van der Waals surface area contributed by atoms with Gasteiger partial charge in [-0.15, -0.1) is 5.10 Å². The number of rotatable bonds is 6. The first-order chi connectivity index (χ1) is 14.0. The molecular formula is C21H20F2N4OS. The van der Waals surface area contributed by atoms with E-state index in [1.165, 1.54) is 30.0 Å². The monoisotopic (exact) mass is 414 g/mol. The average molecular weight is 414 g/mol.